The van der Waals surface area contributed by atoms with Gasteiger partial charge < -0.3 is 0 Å². The molecule has 0 unspecified atom stereocenters. The Morgan fingerprint density at radius 2 is 1.79 bits per heavy atom. The van der Waals surface area contributed by atoms with Crippen LogP contribution in [0.1, 0.15) is 33.6 Å². The average Bonchev–Trinajstić information content (AvgIpc) is 2.28. The van der Waals surface area contributed by atoms with Gasteiger partial charge in [-0.2, -0.15) is 0 Å². The van der Waals surface area contributed by atoms with Crippen molar-refractivity contribution in [3.05, 3.63) is 53.0 Å². The SMILES string of the molecule is CC(C)=CCCC(C)=CS(=O)(=O)Nc1ccccc1. The Labute approximate surface area is 116 Å². The Hall–Kier alpha value is -1.55. The molecule has 0 radical (unpaired) electrons. The van der Waals surface area contributed by atoms with Gasteiger partial charge in [-0.25, -0.2) is 8.42 Å². The van der Waals surface area contributed by atoms with Crippen LogP contribution in [0.5, 0.6) is 0 Å². The van der Waals surface area contributed by atoms with E-state index in [1.165, 1.54) is 11.0 Å². The lowest BCUT2D eigenvalue weighted by atomic mass is 10.1. The minimum absolute atomic E-state index is 0.579. The number of anilines is 1. The molecule has 0 aromatic heterocycles. The molecule has 104 valence electrons. The number of benzene rings is 1. The zero-order chi connectivity index (χ0) is 14.3. The fourth-order valence-corrected chi connectivity index (χ4v) is 2.78. The Morgan fingerprint density at radius 3 is 2.37 bits per heavy atom. The second-order valence-corrected chi connectivity index (χ2v) is 6.33. The van der Waals surface area contributed by atoms with Crippen molar-refractivity contribution in [2.24, 2.45) is 0 Å². The van der Waals surface area contributed by atoms with E-state index < -0.39 is 10.0 Å². The monoisotopic (exact) mass is 279 g/mol. The van der Waals surface area contributed by atoms with Gasteiger partial charge in [-0.3, -0.25) is 4.72 Å². The molecule has 1 aromatic rings. The summed E-state index contributed by atoms with van der Waals surface area (Å²) in [5.41, 5.74) is 2.68. The average molecular weight is 279 g/mol. The number of hydrogen-bond acceptors (Lipinski definition) is 2. The molecule has 1 aromatic carbocycles. The van der Waals surface area contributed by atoms with Gasteiger partial charge in [0.2, 0.25) is 0 Å². The van der Waals surface area contributed by atoms with Gasteiger partial charge >= 0.3 is 0 Å². The van der Waals surface area contributed by atoms with Crippen LogP contribution in [0.2, 0.25) is 0 Å². The van der Waals surface area contributed by atoms with Crippen molar-refractivity contribution < 1.29 is 8.42 Å². The second kappa shape index (κ2) is 7.14. The molecule has 0 aliphatic carbocycles. The number of rotatable bonds is 6. The van der Waals surface area contributed by atoms with Gasteiger partial charge in [0.05, 0.1) is 5.41 Å². The molecule has 0 bridgehead atoms. The van der Waals surface area contributed by atoms with Gasteiger partial charge in [0.15, 0.2) is 0 Å². The maximum absolute atomic E-state index is 11.9. The summed E-state index contributed by atoms with van der Waals surface area (Å²) in [6.45, 7) is 5.91. The normalized spacial score (nSPS) is 12.1. The highest BCUT2D eigenvalue weighted by molar-refractivity contribution is 7.95. The predicted molar refractivity (Wildman–Crippen MR) is 81.4 cm³/mol. The van der Waals surface area contributed by atoms with Crippen LogP contribution in [-0.2, 0) is 10.0 Å². The first kappa shape index (κ1) is 15.5. The minimum atomic E-state index is -3.42. The summed E-state index contributed by atoms with van der Waals surface area (Å²) in [5, 5.41) is 1.30. The maximum Gasteiger partial charge on any atom is 0.254 e. The lowest BCUT2D eigenvalue weighted by Crippen LogP contribution is -2.09. The van der Waals surface area contributed by atoms with Crippen LogP contribution in [-0.4, -0.2) is 8.42 Å². The van der Waals surface area contributed by atoms with Crippen molar-refractivity contribution in [2.75, 3.05) is 4.72 Å². The Bertz CT molecular complexity index is 553. The zero-order valence-electron chi connectivity index (χ0n) is 11.7. The van der Waals surface area contributed by atoms with Crippen LogP contribution >= 0.6 is 0 Å². The summed E-state index contributed by atoms with van der Waals surface area (Å²) in [4.78, 5) is 0. The van der Waals surface area contributed by atoms with Crippen molar-refractivity contribution >= 4 is 15.7 Å². The van der Waals surface area contributed by atoms with E-state index in [1.54, 1.807) is 24.3 Å². The van der Waals surface area contributed by atoms with E-state index in [1.807, 2.05) is 26.8 Å². The first-order chi connectivity index (χ1) is 8.89. The number of sulfonamides is 1. The molecule has 19 heavy (non-hydrogen) atoms. The minimum Gasteiger partial charge on any atom is -0.280 e. The fourth-order valence-electron chi connectivity index (χ4n) is 1.61. The zero-order valence-corrected chi connectivity index (χ0v) is 12.5. The van der Waals surface area contributed by atoms with Crippen molar-refractivity contribution in [2.45, 2.75) is 33.6 Å². The Kier molecular flexibility index (Phi) is 5.83. The van der Waals surface area contributed by atoms with Crippen LogP contribution in [0.25, 0.3) is 0 Å². The van der Waals surface area contributed by atoms with E-state index >= 15 is 0 Å². The highest BCUT2D eigenvalue weighted by Gasteiger charge is 2.06. The summed E-state index contributed by atoms with van der Waals surface area (Å²) in [6, 6.07) is 8.89. The molecule has 1 N–H and O–H groups in total. The molecule has 0 saturated heterocycles. The molecule has 0 amide bonds. The Balaban J connectivity index is 2.65. The molecule has 1 rings (SSSR count). The van der Waals surface area contributed by atoms with Crippen molar-refractivity contribution in [3.8, 4) is 0 Å². The largest absolute Gasteiger partial charge is 0.280 e. The third kappa shape index (κ3) is 6.82. The quantitative estimate of drug-likeness (QED) is 0.798. The van der Waals surface area contributed by atoms with E-state index in [0.717, 1.165) is 18.4 Å². The van der Waals surface area contributed by atoms with Gasteiger partial charge in [-0.1, -0.05) is 35.4 Å². The van der Waals surface area contributed by atoms with E-state index in [2.05, 4.69) is 10.8 Å². The van der Waals surface area contributed by atoms with Crippen LogP contribution in [0.4, 0.5) is 5.69 Å². The molecule has 0 spiro atoms. The fraction of sp³-hybridized carbons (Fsp3) is 0.333. The molecule has 0 fully saturated rings. The smallest absolute Gasteiger partial charge is 0.254 e. The third-order valence-corrected chi connectivity index (χ3v) is 3.71. The summed E-state index contributed by atoms with van der Waals surface area (Å²) >= 11 is 0. The van der Waals surface area contributed by atoms with Crippen LogP contribution < -0.4 is 4.72 Å². The van der Waals surface area contributed by atoms with Crippen molar-refractivity contribution in [1.82, 2.24) is 0 Å². The van der Waals surface area contributed by atoms with Crippen molar-refractivity contribution in [3.63, 3.8) is 0 Å². The van der Waals surface area contributed by atoms with E-state index in [0.29, 0.717) is 5.69 Å². The molecular formula is C15H21NO2S. The summed E-state index contributed by atoms with van der Waals surface area (Å²) in [5.74, 6) is 0. The van der Waals surface area contributed by atoms with Crippen LogP contribution in [0.15, 0.2) is 53.0 Å². The lowest BCUT2D eigenvalue weighted by Gasteiger charge is -2.05. The highest BCUT2D eigenvalue weighted by Crippen LogP contribution is 2.12. The molecule has 3 nitrogen and oxygen atoms in total. The first-order valence-electron chi connectivity index (χ1n) is 6.27. The second-order valence-electron chi connectivity index (χ2n) is 4.80. The number of para-hydroxylation sites is 1. The standard InChI is InChI=1S/C15H21NO2S/c1-13(2)8-7-9-14(3)12-19(17,18)16-15-10-5-4-6-11-15/h4-6,8,10-12,16H,7,9H2,1-3H3. The number of hydrogen-bond donors (Lipinski definition) is 1. The number of nitrogens with one attached hydrogen (secondary N) is 1. The van der Waals surface area contributed by atoms with E-state index in [9.17, 15) is 8.42 Å². The molecule has 0 atom stereocenters. The molecule has 0 aliphatic heterocycles. The van der Waals surface area contributed by atoms with Crippen LogP contribution in [0.3, 0.4) is 0 Å². The van der Waals surface area contributed by atoms with Crippen LogP contribution in [0, 0.1) is 0 Å². The van der Waals surface area contributed by atoms with Crippen molar-refractivity contribution in [1.29, 1.82) is 0 Å². The molecular weight excluding hydrogens is 258 g/mol. The van der Waals surface area contributed by atoms with Gasteiger partial charge in [-0.05, 0) is 45.7 Å². The van der Waals surface area contributed by atoms with Gasteiger partial charge in [-0.15, -0.1) is 0 Å². The highest BCUT2D eigenvalue weighted by atomic mass is 32.2. The van der Waals surface area contributed by atoms with Gasteiger partial charge in [0.1, 0.15) is 0 Å². The summed E-state index contributed by atoms with van der Waals surface area (Å²) in [6.07, 6.45) is 3.72. The first-order valence-corrected chi connectivity index (χ1v) is 7.82. The summed E-state index contributed by atoms with van der Waals surface area (Å²) in [7, 11) is -3.42. The molecule has 4 heteroatoms. The topological polar surface area (TPSA) is 46.2 Å². The van der Waals surface area contributed by atoms with E-state index in [4.69, 9.17) is 0 Å². The Morgan fingerprint density at radius 1 is 1.16 bits per heavy atom. The van der Waals surface area contributed by atoms with E-state index in [-0.39, 0.29) is 0 Å². The van der Waals surface area contributed by atoms with Gasteiger partial charge in [0.25, 0.3) is 10.0 Å². The maximum atomic E-state index is 11.9. The third-order valence-electron chi connectivity index (χ3n) is 2.48. The number of allylic oxidation sites excluding steroid dienone is 3. The molecule has 0 heterocycles. The van der Waals surface area contributed by atoms with Gasteiger partial charge in [0, 0.05) is 5.69 Å². The summed E-state index contributed by atoms with van der Waals surface area (Å²) < 4.78 is 26.3. The molecule has 0 aliphatic rings. The predicted octanol–water partition coefficient (Wildman–Crippen LogP) is 4.08. The molecule has 0 saturated carbocycles. The lowest BCUT2D eigenvalue weighted by molar-refractivity contribution is 0.609.